The van der Waals surface area contributed by atoms with Gasteiger partial charge in [0, 0.05) is 11.4 Å². The van der Waals surface area contributed by atoms with Crippen LogP contribution < -0.4 is 10.6 Å². The number of urea groups is 1. The van der Waals surface area contributed by atoms with Crippen LogP contribution in [-0.4, -0.2) is 19.0 Å². The van der Waals surface area contributed by atoms with Crippen LogP contribution in [0.2, 0.25) is 0 Å². The number of carbonyl (C=O) groups excluding carboxylic acids is 1. The van der Waals surface area contributed by atoms with E-state index < -0.39 is 22.0 Å². The second-order valence-electron chi connectivity index (χ2n) is 4.09. The topological polar surface area (TPSA) is 95.5 Å². The molecule has 0 aliphatic rings. The molecule has 2 amide bonds. The van der Waals surface area contributed by atoms with Crippen molar-refractivity contribution >= 4 is 27.5 Å². The van der Waals surface area contributed by atoms with E-state index in [0.29, 0.717) is 0 Å². The fourth-order valence-electron chi connectivity index (χ4n) is 1.59. The van der Waals surface area contributed by atoms with Crippen molar-refractivity contribution in [3.05, 3.63) is 54.3 Å². The van der Waals surface area contributed by atoms with Crippen LogP contribution >= 0.6 is 0 Å². The summed E-state index contributed by atoms with van der Waals surface area (Å²) in [5, 5.41) is 4.76. The molecular formula is C13H11FN2O4S. The normalized spacial score (nSPS) is 11.0. The van der Waals surface area contributed by atoms with Crippen LogP contribution in [0.3, 0.4) is 0 Å². The Morgan fingerprint density at radius 2 is 1.57 bits per heavy atom. The zero-order chi connectivity index (χ0) is 15.5. The van der Waals surface area contributed by atoms with Gasteiger partial charge in [-0.3, -0.25) is 4.55 Å². The smallest absolute Gasteiger partial charge is 0.308 e. The third-order valence-electron chi connectivity index (χ3n) is 2.47. The summed E-state index contributed by atoms with van der Waals surface area (Å²) in [6, 6.07) is 9.72. The summed E-state index contributed by atoms with van der Waals surface area (Å²) in [5.74, 6) is -0.499. The van der Waals surface area contributed by atoms with Crippen LogP contribution in [0.4, 0.5) is 20.6 Å². The highest BCUT2D eigenvalue weighted by atomic mass is 32.2. The minimum atomic E-state index is -4.35. The highest BCUT2D eigenvalue weighted by Crippen LogP contribution is 2.16. The summed E-state index contributed by atoms with van der Waals surface area (Å²) in [6.07, 6.45) is 0. The Bertz CT molecular complexity index is 777. The summed E-state index contributed by atoms with van der Waals surface area (Å²) < 4.78 is 43.8. The average molecular weight is 310 g/mol. The van der Waals surface area contributed by atoms with Gasteiger partial charge in [-0.05, 0) is 36.4 Å². The maximum Gasteiger partial charge on any atom is 0.323 e. The molecule has 0 spiro atoms. The molecule has 0 atom stereocenters. The fraction of sp³-hybridized carbons (Fsp3) is 0. The Morgan fingerprint density at radius 3 is 2.14 bits per heavy atom. The molecule has 0 bridgehead atoms. The Balaban J connectivity index is 2.10. The second-order valence-corrected chi connectivity index (χ2v) is 5.51. The molecule has 0 radical (unpaired) electrons. The van der Waals surface area contributed by atoms with E-state index in [4.69, 9.17) is 4.55 Å². The number of hydrogen-bond donors (Lipinski definition) is 3. The molecule has 21 heavy (non-hydrogen) atoms. The van der Waals surface area contributed by atoms with Gasteiger partial charge >= 0.3 is 6.03 Å². The summed E-state index contributed by atoms with van der Waals surface area (Å²) in [6.45, 7) is 0. The van der Waals surface area contributed by atoms with Gasteiger partial charge in [0.25, 0.3) is 10.1 Å². The SMILES string of the molecule is O=C(Nc1cccc(F)c1)Nc1cccc(S(=O)(=O)O)c1. The molecule has 0 saturated heterocycles. The second kappa shape index (κ2) is 5.90. The van der Waals surface area contributed by atoms with E-state index in [2.05, 4.69) is 10.6 Å². The van der Waals surface area contributed by atoms with Crippen molar-refractivity contribution in [3.8, 4) is 0 Å². The number of benzene rings is 2. The number of rotatable bonds is 3. The molecule has 110 valence electrons. The highest BCUT2D eigenvalue weighted by Gasteiger charge is 2.10. The van der Waals surface area contributed by atoms with Crippen LogP contribution in [0.5, 0.6) is 0 Å². The first-order valence-electron chi connectivity index (χ1n) is 5.76. The number of nitrogens with one attached hydrogen (secondary N) is 2. The Hall–Kier alpha value is -2.45. The molecular weight excluding hydrogens is 299 g/mol. The van der Waals surface area contributed by atoms with E-state index in [-0.39, 0.29) is 16.3 Å². The number of hydrogen-bond acceptors (Lipinski definition) is 3. The predicted molar refractivity (Wildman–Crippen MR) is 75.3 cm³/mol. The average Bonchev–Trinajstić information content (AvgIpc) is 2.37. The van der Waals surface area contributed by atoms with Gasteiger partial charge in [-0.1, -0.05) is 12.1 Å². The summed E-state index contributed by atoms with van der Waals surface area (Å²) in [5.41, 5.74) is 0.414. The van der Waals surface area contributed by atoms with Crippen molar-refractivity contribution < 1.29 is 22.2 Å². The van der Waals surface area contributed by atoms with Crippen LogP contribution in [0, 0.1) is 5.82 Å². The minimum Gasteiger partial charge on any atom is -0.308 e. The molecule has 0 fully saturated rings. The van der Waals surface area contributed by atoms with Crippen LogP contribution in [0.1, 0.15) is 0 Å². The van der Waals surface area contributed by atoms with E-state index in [0.717, 1.165) is 12.1 Å². The maximum absolute atomic E-state index is 13.0. The van der Waals surface area contributed by atoms with Gasteiger partial charge in [-0.2, -0.15) is 8.42 Å². The molecule has 0 aliphatic carbocycles. The standard InChI is InChI=1S/C13H11FN2O4S/c14-9-3-1-4-10(7-9)15-13(17)16-11-5-2-6-12(8-11)21(18,19)20/h1-8H,(H2,15,16,17)(H,18,19,20). The molecule has 6 nitrogen and oxygen atoms in total. The molecule has 8 heteroatoms. The van der Waals surface area contributed by atoms with Gasteiger partial charge in [0.15, 0.2) is 0 Å². The van der Waals surface area contributed by atoms with Crippen LogP contribution in [0.25, 0.3) is 0 Å². The van der Waals surface area contributed by atoms with E-state index in [9.17, 15) is 17.6 Å². The van der Waals surface area contributed by atoms with Gasteiger partial charge in [-0.15, -0.1) is 0 Å². The Kier molecular flexibility index (Phi) is 4.20. The lowest BCUT2D eigenvalue weighted by molar-refractivity contribution is 0.262. The third kappa shape index (κ3) is 4.26. The number of halogens is 1. The van der Waals surface area contributed by atoms with Crippen LogP contribution in [0.15, 0.2) is 53.4 Å². The molecule has 0 saturated carbocycles. The first-order valence-corrected chi connectivity index (χ1v) is 7.20. The molecule has 2 rings (SSSR count). The fourth-order valence-corrected chi connectivity index (χ4v) is 2.12. The quantitative estimate of drug-likeness (QED) is 0.760. The van der Waals surface area contributed by atoms with Gasteiger partial charge < -0.3 is 10.6 Å². The Morgan fingerprint density at radius 1 is 1.00 bits per heavy atom. The molecule has 3 N–H and O–H groups in total. The lowest BCUT2D eigenvalue weighted by Crippen LogP contribution is -2.19. The molecule has 2 aromatic carbocycles. The lowest BCUT2D eigenvalue weighted by atomic mass is 10.3. The van der Waals surface area contributed by atoms with Crippen molar-refractivity contribution in [1.82, 2.24) is 0 Å². The van der Waals surface area contributed by atoms with Gasteiger partial charge in [-0.25, -0.2) is 9.18 Å². The number of amides is 2. The third-order valence-corrected chi connectivity index (χ3v) is 3.32. The van der Waals surface area contributed by atoms with E-state index in [1.807, 2.05) is 0 Å². The van der Waals surface area contributed by atoms with Crippen molar-refractivity contribution in [2.75, 3.05) is 10.6 Å². The van der Waals surface area contributed by atoms with Gasteiger partial charge in [0.2, 0.25) is 0 Å². The molecule has 0 unspecified atom stereocenters. The first-order chi connectivity index (χ1) is 9.84. The molecule has 0 aromatic heterocycles. The molecule has 2 aromatic rings. The van der Waals surface area contributed by atoms with Crippen molar-refractivity contribution in [2.45, 2.75) is 4.90 Å². The number of carbonyl (C=O) groups is 1. The maximum atomic E-state index is 13.0. The van der Waals surface area contributed by atoms with E-state index >= 15 is 0 Å². The lowest BCUT2D eigenvalue weighted by Gasteiger charge is -2.08. The van der Waals surface area contributed by atoms with Crippen LogP contribution in [-0.2, 0) is 10.1 Å². The first kappa shape index (κ1) is 14.9. The van der Waals surface area contributed by atoms with Gasteiger partial charge in [0.05, 0.1) is 4.90 Å². The van der Waals surface area contributed by atoms with E-state index in [1.54, 1.807) is 0 Å². The molecule has 0 heterocycles. The van der Waals surface area contributed by atoms with E-state index in [1.165, 1.54) is 36.4 Å². The summed E-state index contributed by atoms with van der Waals surface area (Å²) in [4.78, 5) is 11.4. The zero-order valence-corrected chi connectivity index (χ0v) is 11.4. The minimum absolute atomic E-state index is 0.166. The number of anilines is 2. The zero-order valence-electron chi connectivity index (χ0n) is 10.6. The monoisotopic (exact) mass is 310 g/mol. The molecule has 0 aliphatic heterocycles. The summed E-state index contributed by atoms with van der Waals surface area (Å²) in [7, 11) is -4.35. The van der Waals surface area contributed by atoms with Crippen molar-refractivity contribution in [1.29, 1.82) is 0 Å². The summed E-state index contributed by atoms with van der Waals surface area (Å²) >= 11 is 0. The highest BCUT2D eigenvalue weighted by molar-refractivity contribution is 7.85. The van der Waals surface area contributed by atoms with Crippen molar-refractivity contribution in [3.63, 3.8) is 0 Å². The van der Waals surface area contributed by atoms with Crippen molar-refractivity contribution in [2.24, 2.45) is 0 Å². The Labute approximate surface area is 120 Å². The predicted octanol–water partition coefficient (Wildman–Crippen LogP) is 2.72. The van der Waals surface area contributed by atoms with Gasteiger partial charge in [0.1, 0.15) is 5.82 Å². The largest absolute Gasteiger partial charge is 0.323 e.